The van der Waals surface area contributed by atoms with Gasteiger partial charge in [0.05, 0.1) is 31.1 Å². The highest BCUT2D eigenvalue weighted by Crippen LogP contribution is 2.18. The van der Waals surface area contributed by atoms with E-state index in [1.54, 1.807) is 12.4 Å². The number of thiocarbonyl (C=S) groups is 1. The number of ether oxygens (including phenoxy) is 1. The van der Waals surface area contributed by atoms with E-state index in [0.717, 1.165) is 12.4 Å². The van der Waals surface area contributed by atoms with Crippen LogP contribution in [-0.2, 0) is 4.74 Å². The van der Waals surface area contributed by atoms with Crippen molar-refractivity contribution in [2.75, 3.05) is 18.1 Å². The average molecular weight is 252 g/mol. The maximum atomic E-state index is 5.57. The predicted molar refractivity (Wildman–Crippen MR) is 70.1 cm³/mol. The van der Waals surface area contributed by atoms with Crippen molar-refractivity contribution in [3.8, 4) is 0 Å². The molecular weight excluding hydrogens is 236 g/mol. The molecule has 2 heterocycles. The quantitative estimate of drug-likeness (QED) is 0.783. The van der Waals surface area contributed by atoms with Gasteiger partial charge in [-0.05, 0) is 13.8 Å². The van der Waals surface area contributed by atoms with Crippen LogP contribution in [-0.4, -0.2) is 40.3 Å². The van der Waals surface area contributed by atoms with Crippen molar-refractivity contribution in [2.24, 2.45) is 5.73 Å². The summed E-state index contributed by atoms with van der Waals surface area (Å²) < 4.78 is 5.57. The lowest BCUT2D eigenvalue weighted by molar-refractivity contribution is 0.0340. The molecule has 0 bridgehead atoms. The molecule has 2 atom stereocenters. The van der Waals surface area contributed by atoms with Crippen molar-refractivity contribution in [1.29, 1.82) is 0 Å². The maximum Gasteiger partial charge on any atom is 0.147 e. The Kier molecular flexibility index (Phi) is 3.54. The fraction of sp³-hybridized carbons (Fsp3) is 0.545. The first-order valence-corrected chi connectivity index (χ1v) is 5.99. The second-order valence-electron chi connectivity index (χ2n) is 4.27. The third kappa shape index (κ3) is 2.70. The number of hydrogen-bond acceptors (Lipinski definition) is 5. The number of aromatic nitrogens is 2. The van der Waals surface area contributed by atoms with Crippen LogP contribution in [0.5, 0.6) is 0 Å². The minimum atomic E-state index is 0.211. The summed E-state index contributed by atoms with van der Waals surface area (Å²) in [5.74, 6) is 0.840. The highest BCUT2D eigenvalue weighted by molar-refractivity contribution is 7.80. The summed E-state index contributed by atoms with van der Waals surface area (Å²) >= 11 is 4.85. The summed E-state index contributed by atoms with van der Waals surface area (Å²) in [5, 5.41) is 0. The fourth-order valence-corrected chi connectivity index (χ4v) is 1.92. The van der Waals surface area contributed by atoms with Crippen molar-refractivity contribution in [3.05, 3.63) is 18.1 Å². The predicted octanol–water partition coefficient (Wildman–Crippen LogP) is 0.724. The Morgan fingerprint density at radius 1 is 1.47 bits per heavy atom. The SMILES string of the molecule is CC1CN(c2cnc(C(N)=S)cn2)C(C)CO1. The molecule has 1 fully saturated rings. The van der Waals surface area contributed by atoms with Gasteiger partial charge in [0.25, 0.3) is 0 Å². The molecule has 0 saturated carbocycles. The van der Waals surface area contributed by atoms with E-state index >= 15 is 0 Å². The van der Waals surface area contributed by atoms with Crippen LogP contribution in [0.25, 0.3) is 0 Å². The third-order valence-electron chi connectivity index (χ3n) is 2.79. The number of morpholine rings is 1. The second kappa shape index (κ2) is 4.93. The van der Waals surface area contributed by atoms with Crippen LogP contribution in [0.2, 0.25) is 0 Å². The molecule has 92 valence electrons. The van der Waals surface area contributed by atoms with Gasteiger partial charge < -0.3 is 15.4 Å². The Labute approximate surface area is 106 Å². The standard InChI is InChI=1S/C11H16N4OS/c1-7-6-16-8(2)5-15(7)10-4-13-9(3-14-10)11(12)17/h3-4,7-8H,5-6H2,1-2H3,(H2,12,17). The van der Waals surface area contributed by atoms with Crippen LogP contribution >= 0.6 is 12.2 Å². The van der Waals surface area contributed by atoms with Crippen molar-refractivity contribution >= 4 is 23.0 Å². The average Bonchev–Trinajstić information content (AvgIpc) is 2.32. The van der Waals surface area contributed by atoms with Crippen LogP contribution < -0.4 is 10.6 Å². The van der Waals surface area contributed by atoms with Gasteiger partial charge in [-0.15, -0.1) is 0 Å². The molecule has 0 amide bonds. The number of anilines is 1. The van der Waals surface area contributed by atoms with Crippen LogP contribution in [0.3, 0.4) is 0 Å². The third-order valence-corrected chi connectivity index (χ3v) is 3.00. The summed E-state index contributed by atoms with van der Waals surface area (Å²) in [7, 11) is 0. The summed E-state index contributed by atoms with van der Waals surface area (Å²) in [5.41, 5.74) is 6.04. The Hall–Kier alpha value is -1.27. The van der Waals surface area contributed by atoms with Gasteiger partial charge in [-0.1, -0.05) is 12.2 Å². The minimum Gasteiger partial charge on any atom is -0.388 e. The van der Waals surface area contributed by atoms with Gasteiger partial charge in [0.1, 0.15) is 16.5 Å². The Bertz CT molecular complexity index is 408. The first-order valence-electron chi connectivity index (χ1n) is 5.58. The van der Waals surface area contributed by atoms with Gasteiger partial charge in [-0.2, -0.15) is 0 Å². The summed E-state index contributed by atoms with van der Waals surface area (Å²) in [6.07, 6.45) is 3.54. The van der Waals surface area contributed by atoms with Crippen molar-refractivity contribution in [2.45, 2.75) is 26.0 Å². The van der Waals surface area contributed by atoms with Gasteiger partial charge in [0.15, 0.2) is 0 Å². The molecule has 0 spiro atoms. The number of nitrogens with two attached hydrogens (primary N) is 1. The van der Waals surface area contributed by atoms with E-state index in [1.165, 1.54) is 0 Å². The van der Waals surface area contributed by atoms with Crippen molar-refractivity contribution < 1.29 is 4.74 Å². The first kappa shape index (κ1) is 12.2. The van der Waals surface area contributed by atoms with Crippen molar-refractivity contribution in [3.63, 3.8) is 0 Å². The van der Waals surface area contributed by atoms with E-state index < -0.39 is 0 Å². The lowest BCUT2D eigenvalue weighted by atomic mass is 10.2. The Morgan fingerprint density at radius 2 is 2.24 bits per heavy atom. The van der Waals surface area contributed by atoms with E-state index in [9.17, 15) is 0 Å². The molecule has 0 aliphatic carbocycles. The van der Waals surface area contributed by atoms with E-state index in [0.29, 0.717) is 18.3 Å². The Morgan fingerprint density at radius 3 is 2.82 bits per heavy atom. The monoisotopic (exact) mass is 252 g/mol. The van der Waals surface area contributed by atoms with E-state index in [1.807, 2.05) is 0 Å². The molecule has 1 aliphatic heterocycles. The molecule has 0 aromatic carbocycles. The smallest absolute Gasteiger partial charge is 0.147 e. The molecule has 2 rings (SSSR count). The fourth-order valence-electron chi connectivity index (χ4n) is 1.82. The molecule has 2 N–H and O–H groups in total. The molecule has 0 radical (unpaired) electrons. The lowest BCUT2D eigenvalue weighted by Gasteiger charge is -2.37. The largest absolute Gasteiger partial charge is 0.388 e. The zero-order valence-electron chi connectivity index (χ0n) is 9.96. The van der Waals surface area contributed by atoms with Gasteiger partial charge in [-0.25, -0.2) is 9.97 Å². The summed E-state index contributed by atoms with van der Waals surface area (Å²) in [6.45, 7) is 5.69. The molecular formula is C11H16N4OS. The Balaban J connectivity index is 2.18. The van der Waals surface area contributed by atoms with Crippen LogP contribution in [0.1, 0.15) is 19.5 Å². The molecule has 17 heavy (non-hydrogen) atoms. The zero-order chi connectivity index (χ0) is 12.4. The normalized spacial score (nSPS) is 24.7. The zero-order valence-corrected chi connectivity index (χ0v) is 10.8. The minimum absolute atomic E-state index is 0.211. The lowest BCUT2D eigenvalue weighted by Crippen LogP contribution is -2.47. The van der Waals surface area contributed by atoms with Crippen LogP contribution in [0.15, 0.2) is 12.4 Å². The van der Waals surface area contributed by atoms with Gasteiger partial charge >= 0.3 is 0 Å². The van der Waals surface area contributed by atoms with E-state index in [4.69, 9.17) is 22.7 Å². The molecule has 6 heteroatoms. The van der Waals surface area contributed by atoms with E-state index in [-0.39, 0.29) is 11.1 Å². The second-order valence-corrected chi connectivity index (χ2v) is 4.71. The first-order chi connectivity index (χ1) is 8.08. The van der Waals surface area contributed by atoms with Gasteiger partial charge in [0.2, 0.25) is 0 Å². The maximum absolute atomic E-state index is 5.57. The van der Waals surface area contributed by atoms with Crippen LogP contribution in [0.4, 0.5) is 5.82 Å². The topological polar surface area (TPSA) is 64.3 Å². The molecule has 5 nitrogen and oxygen atoms in total. The number of nitrogens with zero attached hydrogens (tertiary/aromatic N) is 3. The van der Waals surface area contributed by atoms with Gasteiger partial charge in [-0.3, -0.25) is 0 Å². The van der Waals surface area contributed by atoms with Crippen molar-refractivity contribution in [1.82, 2.24) is 9.97 Å². The summed E-state index contributed by atoms with van der Waals surface area (Å²) in [4.78, 5) is 11.0. The number of hydrogen-bond donors (Lipinski definition) is 1. The molecule has 1 aromatic rings. The summed E-state index contributed by atoms with van der Waals surface area (Å²) in [6, 6.07) is 0.302. The highest BCUT2D eigenvalue weighted by atomic mass is 32.1. The highest BCUT2D eigenvalue weighted by Gasteiger charge is 2.24. The number of rotatable bonds is 2. The molecule has 1 saturated heterocycles. The van der Waals surface area contributed by atoms with Gasteiger partial charge in [0, 0.05) is 6.54 Å². The molecule has 1 aromatic heterocycles. The molecule has 1 aliphatic rings. The molecule has 2 unspecified atom stereocenters. The van der Waals surface area contributed by atoms with Crippen LogP contribution in [0, 0.1) is 0 Å². The van der Waals surface area contributed by atoms with E-state index in [2.05, 4.69) is 28.7 Å².